The highest BCUT2D eigenvalue weighted by Gasteiger charge is 2.38. The van der Waals surface area contributed by atoms with Crippen LogP contribution < -0.4 is 0 Å². The molecule has 0 N–H and O–H groups in total. The highest BCUT2D eigenvalue weighted by molar-refractivity contribution is 8.16. The molecule has 134 valence electrons. The molecule has 26 heavy (non-hydrogen) atoms. The Morgan fingerprint density at radius 3 is 3.00 bits per heavy atom. The molecule has 4 rings (SSSR count). The number of allylic oxidation sites excluding steroid dienone is 1. The topological polar surface area (TPSA) is 31.7 Å². The maximum absolute atomic E-state index is 6.41. The summed E-state index contributed by atoms with van der Waals surface area (Å²) >= 11 is 9.86. The van der Waals surface area contributed by atoms with Gasteiger partial charge in [0.05, 0.1) is 0 Å². The number of piperidine rings is 1. The molecule has 3 aliphatic rings. The third-order valence-corrected chi connectivity index (χ3v) is 6.98. The Morgan fingerprint density at radius 1 is 1.35 bits per heavy atom. The average molecular weight is 403 g/mol. The standard InChI is InChI=1S/C19H19ClN4S2/c1-14-4-2-6-16(21-14)7-3-5-15-8-10-23(11-9-15)26-18-17(20)22-19-24(18)12-13-25-19/h2,4-6,12-13,17-18H,8-11H2,1H3. The van der Waals surface area contributed by atoms with Crippen LogP contribution in [0.1, 0.15) is 24.2 Å². The lowest BCUT2D eigenvalue weighted by Crippen LogP contribution is -2.35. The molecule has 1 fully saturated rings. The van der Waals surface area contributed by atoms with Gasteiger partial charge < -0.3 is 4.90 Å². The molecule has 2 atom stereocenters. The van der Waals surface area contributed by atoms with Gasteiger partial charge in [-0.25, -0.2) is 14.3 Å². The van der Waals surface area contributed by atoms with Gasteiger partial charge in [0, 0.05) is 25.0 Å². The van der Waals surface area contributed by atoms with Crippen LogP contribution in [-0.2, 0) is 0 Å². The second-order valence-electron chi connectivity index (χ2n) is 6.26. The highest BCUT2D eigenvalue weighted by Crippen LogP contribution is 2.39. The zero-order chi connectivity index (χ0) is 17.9. The summed E-state index contributed by atoms with van der Waals surface area (Å²) in [6.07, 6.45) is 6.22. The van der Waals surface area contributed by atoms with Crippen molar-refractivity contribution in [2.45, 2.75) is 30.6 Å². The van der Waals surface area contributed by atoms with Gasteiger partial charge in [-0.2, -0.15) is 0 Å². The zero-order valence-corrected chi connectivity index (χ0v) is 16.8. The first-order chi connectivity index (χ1) is 12.7. The van der Waals surface area contributed by atoms with Gasteiger partial charge in [-0.1, -0.05) is 40.9 Å². The van der Waals surface area contributed by atoms with Gasteiger partial charge in [-0.3, -0.25) is 0 Å². The van der Waals surface area contributed by atoms with E-state index in [0.29, 0.717) is 0 Å². The molecule has 4 heterocycles. The number of fused-ring (bicyclic) bond motifs is 1. The summed E-state index contributed by atoms with van der Waals surface area (Å²) in [4.78, 5) is 11.1. The number of aromatic nitrogens is 1. The number of aryl methyl sites for hydroxylation is 1. The maximum Gasteiger partial charge on any atom is 0.170 e. The van der Waals surface area contributed by atoms with E-state index in [4.69, 9.17) is 11.6 Å². The van der Waals surface area contributed by atoms with E-state index in [1.54, 1.807) is 11.8 Å². The zero-order valence-electron chi connectivity index (χ0n) is 14.4. The number of nitrogens with zero attached hydrogens (tertiary/aromatic N) is 4. The lowest BCUT2D eigenvalue weighted by Gasteiger charge is -2.32. The number of halogens is 1. The molecule has 2 unspecified atom stereocenters. The van der Waals surface area contributed by atoms with Crippen molar-refractivity contribution >= 4 is 40.5 Å². The van der Waals surface area contributed by atoms with E-state index in [9.17, 15) is 0 Å². The molecule has 0 amide bonds. The van der Waals surface area contributed by atoms with E-state index in [0.717, 1.165) is 42.5 Å². The van der Waals surface area contributed by atoms with Crippen molar-refractivity contribution in [2.75, 3.05) is 13.1 Å². The minimum Gasteiger partial charge on any atom is -0.310 e. The van der Waals surface area contributed by atoms with Crippen LogP contribution in [0.25, 0.3) is 0 Å². The number of aliphatic imine (C=N–C) groups is 1. The Balaban J connectivity index is 1.30. The lowest BCUT2D eigenvalue weighted by molar-refractivity contribution is 0.422. The first-order valence-corrected chi connectivity index (χ1v) is 10.7. The van der Waals surface area contributed by atoms with E-state index < -0.39 is 0 Å². The largest absolute Gasteiger partial charge is 0.310 e. The van der Waals surface area contributed by atoms with E-state index in [2.05, 4.69) is 48.7 Å². The normalized spacial score (nSPS) is 24.9. The second-order valence-corrected chi connectivity index (χ2v) is 8.79. The molecule has 0 saturated carbocycles. The van der Waals surface area contributed by atoms with Crippen LogP contribution in [0.5, 0.6) is 0 Å². The smallest absolute Gasteiger partial charge is 0.170 e. The van der Waals surface area contributed by atoms with E-state index >= 15 is 0 Å². The fraction of sp³-hybridized carbons (Fsp3) is 0.368. The van der Waals surface area contributed by atoms with Crippen LogP contribution in [-0.4, -0.2) is 43.3 Å². The molecular weight excluding hydrogens is 384 g/mol. The van der Waals surface area contributed by atoms with E-state index in [1.807, 2.05) is 37.1 Å². The van der Waals surface area contributed by atoms with Gasteiger partial charge in [0.1, 0.15) is 11.1 Å². The Kier molecular flexibility index (Phi) is 5.60. The lowest BCUT2D eigenvalue weighted by atomic mass is 10.1. The Bertz CT molecular complexity index is 829. The van der Waals surface area contributed by atoms with Gasteiger partial charge in [-0.15, -0.1) is 0 Å². The van der Waals surface area contributed by atoms with Crippen LogP contribution in [0.3, 0.4) is 0 Å². The predicted octanol–water partition coefficient (Wildman–Crippen LogP) is 4.19. The fourth-order valence-electron chi connectivity index (χ4n) is 2.98. The molecule has 4 nitrogen and oxygen atoms in total. The number of thioether (sulfide) groups is 1. The van der Waals surface area contributed by atoms with Crippen LogP contribution in [0.4, 0.5) is 0 Å². The van der Waals surface area contributed by atoms with Crippen molar-refractivity contribution in [3.05, 3.63) is 52.8 Å². The SMILES string of the molecule is Cc1cccc(C#CC=C2CCN(SC3C(Cl)N=C4SC=CN43)CC2)n1. The molecule has 1 saturated heterocycles. The van der Waals surface area contributed by atoms with E-state index in [1.165, 1.54) is 5.57 Å². The molecule has 3 aliphatic heterocycles. The Hall–Kier alpha value is -1.39. The van der Waals surface area contributed by atoms with Crippen molar-refractivity contribution in [3.63, 3.8) is 0 Å². The van der Waals surface area contributed by atoms with Crippen molar-refractivity contribution in [2.24, 2.45) is 4.99 Å². The molecule has 1 aromatic rings. The van der Waals surface area contributed by atoms with Crippen LogP contribution >= 0.6 is 35.3 Å². The predicted molar refractivity (Wildman–Crippen MR) is 112 cm³/mol. The molecule has 0 spiro atoms. The number of pyridine rings is 1. The third kappa shape index (κ3) is 4.12. The highest BCUT2D eigenvalue weighted by atomic mass is 35.5. The van der Waals surface area contributed by atoms with Crippen molar-refractivity contribution < 1.29 is 0 Å². The van der Waals surface area contributed by atoms with E-state index in [-0.39, 0.29) is 10.9 Å². The van der Waals surface area contributed by atoms with Crippen molar-refractivity contribution in [3.8, 4) is 11.8 Å². The summed E-state index contributed by atoms with van der Waals surface area (Å²) in [5, 5.41) is 3.24. The molecule has 7 heteroatoms. The van der Waals surface area contributed by atoms with Crippen LogP contribution in [0, 0.1) is 18.8 Å². The minimum absolute atomic E-state index is 0.163. The molecule has 0 bridgehead atoms. The minimum atomic E-state index is -0.183. The molecule has 0 aromatic carbocycles. The molecule has 0 aliphatic carbocycles. The number of hydrogen-bond donors (Lipinski definition) is 0. The number of hydrogen-bond acceptors (Lipinski definition) is 6. The summed E-state index contributed by atoms with van der Waals surface area (Å²) in [6, 6.07) is 5.92. The van der Waals surface area contributed by atoms with Crippen LogP contribution in [0.2, 0.25) is 0 Å². The monoisotopic (exact) mass is 402 g/mol. The molecular formula is C19H19ClN4S2. The van der Waals surface area contributed by atoms with Gasteiger partial charge in [0.15, 0.2) is 10.7 Å². The first-order valence-electron chi connectivity index (χ1n) is 8.57. The average Bonchev–Trinajstić information content (AvgIpc) is 3.19. The van der Waals surface area contributed by atoms with Gasteiger partial charge >= 0.3 is 0 Å². The number of amidine groups is 1. The molecule has 1 aromatic heterocycles. The van der Waals surface area contributed by atoms with Crippen molar-refractivity contribution in [1.82, 2.24) is 14.2 Å². The Labute approximate surface area is 167 Å². The summed E-state index contributed by atoms with van der Waals surface area (Å²) < 4.78 is 2.40. The summed E-state index contributed by atoms with van der Waals surface area (Å²) in [7, 11) is 0. The fourth-order valence-corrected chi connectivity index (χ4v) is 5.37. The summed E-state index contributed by atoms with van der Waals surface area (Å²) in [6.45, 7) is 4.01. The van der Waals surface area contributed by atoms with Gasteiger partial charge in [-0.05, 0) is 61.3 Å². The summed E-state index contributed by atoms with van der Waals surface area (Å²) in [5.74, 6) is 6.29. The quantitative estimate of drug-likeness (QED) is 0.320. The number of alkyl halides is 1. The second kappa shape index (κ2) is 8.10. The maximum atomic E-state index is 6.41. The number of rotatable bonds is 2. The third-order valence-electron chi connectivity index (χ3n) is 4.35. The van der Waals surface area contributed by atoms with Gasteiger partial charge in [0.25, 0.3) is 0 Å². The van der Waals surface area contributed by atoms with Gasteiger partial charge in [0.2, 0.25) is 0 Å². The summed E-state index contributed by atoms with van der Waals surface area (Å²) in [5.41, 5.74) is 3.05. The Morgan fingerprint density at radius 2 is 2.19 bits per heavy atom. The molecule has 0 radical (unpaired) electrons. The van der Waals surface area contributed by atoms with Crippen molar-refractivity contribution in [1.29, 1.82) is 0 Å². The van der Waals surface area contributed by atoms with Crippen LogP contribution in [0.15, 0.2) is 46.4 Å². The first kappa shape index (κ1) is 18.0.